The molecule has 0 bridgehead atoms. The van der Waals surface area contributed by atoms with E-state index in [9.17, 15) is 4.79 Å². The number of benzene rings is 2. The maximum absolute atomic E-state index is 12.5. The second kappa shape index (κ2) is 8.82. The summed E-state index contributed by atoms with van der Waals surface area (Å²) in [7, 11) is 0. The van der Waals surface area contributed by atoms with E-state index in [0.717, 1.165) is 40.7 Å². The van der Waals surface area contributed by atoms with Gasteiger partial charge in [0.2, 0.25) is 11.9 Å². The highest BCUT2D eigenvalue weighted by Crippen LogP contribution is 2.28. The Bertz CT molecular complexity index is 1030. The summed E-state index contributed by atoms with van der Waals surface area (Å²) in [5.74, 6) is 1.06. The first kappa shape index (κ1) is 19.7. The van der Waals surface area contributed by atoms with Crippen molar-refractivity contribution < 1.29 is 4.79 Å². The van der Waals surface area contributed by atoms with E-state index >= 15 is 0 Å². The van der Waals surface area contributed by atoms with Crippen LogP contribution in [0, 0.1) is 13.8 Å². The van der Waals surface area contributed by atoms with Gasteiger partial charge in [-0.3, -0.25) is 4.79 Å². The van der Waals surface area contributed by atoms with Crippen LogP contribution in [0.15, 0.2) is 47.5 Å². The smallest absolute Gasteiger partial charge is 0.234 e. The van der Waals surface area contributed by atoms with Crippen LogP contribution in [0.25, 0.3) is 10.9 Å². The largest absolute Gasteiger partial charge is 0.341 e. The zero-order valence-corrected chi connectivity index (χ0v) is 17.8. The van der Waals surface area contributed by atoms with E-state index in [4.69, 9.17) is 9.97 Å². The van der Waals surface area contributed by atoms with Crippen LogP contribution in [0.5, 0.6) is 0 Å². The molecule has 1 fully saturated rings. The van der Waals surface area contributed by atoms with Gasteiger partial charge in [0.05, 0.1) is 11.3 Å². The summed E-state index contributed by atoms with van der Waals surface area (Å²) < 4.78 is 0. The molecule has 6 heteroatoms. The van der Waals surface area contributed by atoms with Gasteiger partial charge in [-0.15, -0.1) is 0 Å². The number of anilines is 2. The molecule has 0 spiro atoms. The molecular weight excluding hydrogens is 380 g/mol. The number of hydrogen-bond acceptors (Lipinski definition) is 5. The monoisotopic (exact) mass is 406 g/mol. The number of fused-ring (bicyclic) bond motifs is 1. The molecule has 1 saturated heterocycles. The first-order chi connectivity index (χ1) is 14.1. The fourth-order valence-electron chi connectivity index (χ4n) is 3.53. The molecular formula is C23H26N4OS. The number of carbonyl (C=O) groups excluding carboxylic acids is 1. The number of amides is 1. The Labute approximate surface area is 175 Å². The molecule has 0 radical (unpaired) electrons. The third kappa shape index (κ3) is 4.70. The van der Waals surface area contributed by atoms with Crippen molar-refractivity contribution in [1.29, 1.82) is 0 Å². The molecule has 29 heavy (non-hydrogen) atoms. The number of rotatable bonds is 5. The number of thioether (sulfide) groups is 1. The third-order valence-electron chi connectivity index (χ3n) is 5.33. The molecule has 150 valence electrons. The number of para-hydroxylation sites is 1. The van der Waals surface area contributed by atoms with Crippen molar-refractivity contribution in [1.82, 2.24) is 9.97 Å². The zero-order chi connectivity index (χ0) is 20.2. The molecule has 4 rings (SSSR count). The van der Waals surface area contributed by atoms with Gasteiger partial charge in [-0.1, -0.05) is 36.0 Å². The summed E-state index contributed by atoms with van der Waals surface area (Å²) in [4.78, 5) is 24.4. The van der Waals surface area contributed by atoms with E-state index in [0.29, 0.717) is 5.75 Å². The van der Waals surface area contributed by atoms with Crippen molar-refractivity contribution in [3.63, 3.8) is 0 Å². The molecule has 1 aromatic heterocycles. The van der Waals surface area contributed by atoms with Crippen LogP contribution in [0.1, 0.15) is 30.4 Å². The highest BCUT2D eigenvalue weighted by molar-refractivity contribution is 8.00. The molecule has 0 unspecified atom stereocenters. The predicted octanol–water partition coefficient (Wildman–Crippen LogP) is 4.97. The first-order valence-corrected chi connectivity index (χ1v) is 11.1. The van der Waals surface area contributed by atoms with Gasteiger partial charge in [0.25, 0.3) is 0 Å². The van der Waals surface area contributed by atoms with Crippen molar-refractivity contribution in [3.8, 4) is 0 Å². The molecule has 1 aliphatic rings. The van der Waals surface area contributed by atoms with Crippen LogP contribution in [0.3, 0.4) is 0 Å². The van der Waals surface area contributed by atoms with Gasteiger partial charge in [0.1, 0.15) is 5.03 Å². The third-order valence-corrected chi connectivity index (χ3v) is 6.32. The zero-order valence-electron chi connectivity index (χ0n) is 16.9. The molecule has 0 atom stereocenters. The van der Waals surface area contributed by atoms with Gasteiger partial charge in [0, 0.05) is 24.2 Å². The Morgan fingerprint density at radius 1 is 1.03 bits per heavy atom. The lowest BCUT2D eigenvalue weighted by atomic mass is 10.1. The lowest BCUT2D eigenvalue weighted by Gasteiger charge is -2.27. The van der Waals surface area contributed by atoms with Crippen LogP contribution in [0.4, 0.5) is 11.6 Å². The van der Waals surface area contributed by atoms with Crippen LogP contribution in [-0.4, -0.2) is 34.7 Å². The molecule has 5 nitrogen and oxygen atoms in total. The Morgan fingerprint density at radius 2 is 1.83 bits per heavy atom. The average Bonchev–Trinajstić information content (AvgIpc) is 2.75. The maximum atomic E-state index is 12.5. The molecule has 2 heterocycles. The second-order valence-electron chi connectivity index (χ2n) is 7.53. The van der Waals surface area contributed by atoms with E-state index in [1.807, 2.05) is 42.5 Å². The minimum atomic E-state index is -0.0273. The van der Waals surface area contributed by atoms with Gasteiger partial charge in [-0.2, -0.15) is 0 Å². The second-order valence-corrected chi connectivity index (χ2v) is 8.49. The molecule has 0 saturated carbocycles. The number of carbonyl (C=O) groups is 1. The lowest BCUT2D eigenvalue weighted by Crippen LogP contribution is -2.31. The Balaban J connectivity index is 1.51. The van der Waals surface area contributed by atoms with Crippen molar-refractivity contribution in [3.05, 3.63) is 53.6 Å². The van der Waals surface area contributed by atoms with E-state index in [2.05, 4.69) is 24.1 Å². The minimum absolute atomic E-state index is 0.0273. The number of nitrogens with one attached hydrogen (secondary N) is 1. The summed E-state index contributed by atoms with van der Waals surface area (Å²) in [6, 6.07) is 14.0. The molecule has 1 N–H and O–H groups in total. The highest BCUT2D eigenvalue weighted by atomic mass is 32.2. The Hall–Kier alpha value is -2.60. The van der Waals surface area contributed by atoms with Crippen LogP contribution in [-0.2, 0) is 4.79 Å². The fourth-order valence-corrected chi connectivity index (χ4v) is 4.35. The minimum Gasteiger partial charge on any atom is -0.341 e. The van der Waals surface area contributed by atoms with E-state index < -0.39 is 0 Å². The van der Waals surface area contributed by atoms with Gasteiger partial charge in [-0.25, -0.2) is 9.97 Å². The van der Waals surface area contributed by atoms with E-state index in [1.165, 1.54) is 42.2 Å². The number of hydrogen-bond donors (Lipinski definition) is 1. The summed E-state index contributed by atoms with van der Waals surface area (Å²) in [5, 5.41) is 4.86. The van der Waals surface area contributed by atoms with Crippen molar-refractivity contribution in [2.75, 3.05) is 29.1 Å². The average molecular weight is 407 g/mol. The molecule has 1 amide bonds. The van der Waals surface area contributed by atoms with Gasteiger partial charge < -0.3 is 10.2 Å². The number of aromatic nitrogens is 2. The normalized spacial score (nSPS) is 14.2. The summed E-state index contributed by atoms with van der Waals surface area (Å²) in [6.07, 6.45) is 3.62. The van der Waals surface area contributed by atoms with Gasteiger partial charge in [0.15, 0.2) is 0 Å². The summed E-state index contributed by atoms with van der Waals surface area (Å²) in [6.45, 7) is 6.11. The molecule has 0 aliphatic carbocycles. The van der Waals surface area contributed by atoms with Crippen molar-refractivity contribution in [2.45, 2.75) is 38.1 Å². The first-order valence-electron chi connectivity index (χ1n) is 10.1. The van der Waals surface area contributed by atoms with Crippen LogP contribution in [0.2, 0.25) is 0 Å². The van der Waals surface area contributed by atoms with Crippen LogP contribution >= 0.6 is 11.8 Å². The SMILES string of the molecule is Cc1ccc(NC(=O)CSc2nc(N3CCCCC3)nc3ccccc23)cc1C. The quantitative estimate of drug-likeness (QED) is 0.479. The predicted molar refractivity (Wildman–Crippen MR) is 121 cm³/mol. The standard InChI is InChI=1S/C23H26N4OS/c1-16-10-11-18(14-17(16)2)24-21(28)15-29-22-19-8-4-5-9-20(19)25-23(26-22)27-12-6-3-7-13-27/h4-5,8-11,14H,3,6-7,12-13,15H2,1-2H3,(H,24,28). The molecule has 3 aromatic rings. The fraction of sp³-hybridized carbons (Fsp3) is 0.348. The molecule has 1 aliphatic heterocycles. The van der Waals surface area contributed by atoms with Gasteiger partial charge in [-0.05, 0) is 62.4 Å². The number of aryl methyl sites for hydroxylation is 2. The van der Waals surface area contributed by atoms with Crippen LogP contribution < -0.4 is 10.2 Å². The Kier molecular flexibility index (Phi) is 6.00. The number of piperidine rings is 1. The highest BCUT2D eigenvalue weighted by Gasteiger charge is 2.17. The van der Waals surface area contributed by atoms with E-state index in [-0.39, 0.29) is 5.91 Å². The van der Waals surface area contributed by atoms with Crippen molar-refractivity contribution >= 4 is 40.2 Å². The van der Waals surface area contributed by atoms with Gasteiger partial charge >= 0.3 is 0 Å². The maximum Gasteiger partial charge on any atom is 0.234 e. The van der Waals surface area contributed by atoms with Crippen molar-refractivity contribution in [2.24, 2.45) is 0 Å². The van der Waals surface area contributed by atoms with E-state index in [1.54, 1.807) is 0 Å². The lowest BCUT2D eigenvalue weighted by molar-refractivity contribution is -0.113. The summed E-state index contributed by atoms with van der Waals surface area (Å²) in [5.41, 5.74) is 4.15. The topological polar surface area (TPSA) is 58.1 Å². The molecule has 2 aromatic carbocycles. The Morgan fingerprint density at radius 3 is 2.62 bits per heavy atom. The number of nitrogens with zero attached hydrogens (tertiary/aromatic N) is 3. The summed E-state index contributed by atoms with van der Waals surface area (Å²) >= 11 is 1.47.